The number of aliphatic hydroxyl groups excluding tert-OH is 4. The monoisotopic (exact) mass is 1680 g/mol. The van der Waals surface area contributed by atoms with Crippen LogP contribution < -0.4 is 85.9 Å². The Morgan fingerprint density at radius 1 is 0.404 bits per heavy atom. The molecule has 0 aromatic rings. The number of thioether (sulfide) groups is 1. The van der Waals surface area contributed by atoms with Crippen molar-refractivity contribution < 1.29 is 112 Å². The van der Waals surface area contributed by atoms with Crippen LogP contribution >= 0.6 is 37.0 Å². The van der Waals surface area contributed by atoms with Gasteiger partial charge in [-0.05, 0) is 114 Å². The van der Waals surface area contributed by atoms with Gasteiger partial charge in [-0.25, -0.2) is 4.79 Å². The summed E-state index contributed by atoms with van der Waals surface area (Å²) in [6.45, 7) is 11.9. The predicted molar refractivity (Wildman–Crippen MR) is 420 cm³/mol. The molecule has 114 heavy (non-hydrogen) atoms. The van der Waals surface area contributed by atoms with Gasteiger partial charge >= 0.3 is 5.97 Å². The van der Waals surface area contributed by atoms with Gasteiger partial charge in [0.05, 0.1) is 39.0 Å². The molecule has 0 radical (unpaired) electrons. The van der Waals surface area contributed by atoms with E-state index in [1.165, 1.54) is 30.5 Å². The average Bonchev–Trinajstić information content (AvgIpc) is 1.64. The second kappa shape index (κ2) is 51.3. The summed E-state index contributed by atoms with van der Waals surface area (Å²) < 4.78 is 0. The summed E-state index contributed by atoms with van der Waals surface area (Å²) in [5.41, 5.74) is 10.9. The molecule has 17 amide bonds. The molecule has 44 heteroatoms. The molecule has 2 aliphatic rings. The maximum absolute atomic E-state index is 14.6. The van der Waals surface area contributed by atoms with E-state index < -0.39 is 236 Å². The fraction of sp³-hybridized carbons (Fsp3) is 0.743. The normalized spacial score (nSPS) is 17.7. The van der Waals surface area contributed by atoms with E-state index in [1.54, 1.807) is 61.6 Å². The van der Waals surface area contributed by atoms with Crippen molar-refractivity contribution in [2.24, 2.45) is 35.1 Å². The summed E-state index contributed by atoms with van der Waals surface area (Å²) in [7, 11) is 0. The molecule has 23 N–H and O–H groups in total. The Balaban J connectivity index is 2.15. The highest BCUT2D eigenvalue weighted by Gasteiger charge is 2.44. The number of nitrogens with two attached hydrogens (primary N) is 2. The van der Waals surface area contributed by atoms with Crippen molar-refractivity contribution in [3.63, 3.8) is 0 Å². The van der Waals surface area contributed by atoms with Crippen LogP contribution in [-0.4, -0.2) is 308 Å². The Morgan fingerprint density at radius 3 is 1.11 bits per heavy atom. The first kappa shape index (κ1) is 101. The van der Waals surface area contributed by atoms with E-state index in [-0.39, 0.29) is 112 Å². The zero-order valence-corrected chi connectivity index (χ0v) is 68.9. The number of carboxylic acid groups (broad SMARTS) is 1. The molecule has 2 saturated heterocycles. The lowest BCUT2D eigenvalue weighted by molar-refractivity contribution is -0.145. The Kier molecular flexibility index (Phi) is 45.6. The van der Waals surface area contributed by atoms with Crippen LogP contribution in [0.2, 0.25) is 0 Å². The number of likely N-dealkylation sites (tertiary alicyclic amines) is 2. The molecule has 0 spiro atoms. The number of aliphatic carboxylic acids is 1. The van der Waals surface area contributed by atoms with Gasteiger partial charge in [0.15, 0.2) is 0 Å². The lowest BCUT2D eigenvalue weighted by Gasteiger charge is -2.32. The Morgan fingerprint density at radius 2 is 0.728 bits per heavy atom. The topological polar surface area (TPSA) is 635 Å². The molecule has 2 fully saturated rings. The molecule has 2 aliphatic heterocycles. The van der Waals surface area contributed by atoms with Crippen molar-refractivity contribution >= 4 is 143 Å². The van der Waals surface area contributed by atoms with Crippen LogP contribution in [0, 0.1) is 23.7 Å². The second-order valence-corrected chi connectivity index (χ2v) is 31.4. The standard InChI is InChI=1S/C70H120N18O23S3/c1-33(2)22-41(58(98)73-26-54(94)76-45(27-89)62(102)86-49(31-112)64(104)75-38(10)56(96)78-42(23-34(3)4)59(99)74-37(9)55(95)79-43(24-35(5)6)60(100)84-48(30-92)70(110)111)81-67(107)52-15-12-19-87(52)68(108)40(18-21-114-11)77-66(106)51-14-13-20-88(51)69(109)47(29-91)83-65(105)50(32-113)85-61(101)44(25-36(7)8)80-63(103)46(28-90)82-57(97)39(71)16-17-53(72)93/h33-52,89-92,112-113H,12-32,71H2,1-11H3,(H2,72,93)(H,73,98)(H,74,99)(H,75,104)(H,76,94)(H,77,106)(H,78,96)(H,79,95)(H,80,103)(H,81,107)(H,82,97)(H,83,105)(H,84,100)(H,85,101)(H,86,102)(H,110,111)/t37-,38-,39-,40-,41-,42-,43-,44-,45-,46-,47-,48-,49-,50-,51-,52-/m0/s1. The zero-order valence-electron chi connectivity index (χ0n) is 66.3. The third kappa shape index (κ3) is 34.4. The highest BCUT2D eigenvalue weighted by molar-refractivity contribution is 7.98. The minimum Gasteiger partial charge on any atom is -0.480 e. The van der Waals surface area contributed by atoms with Crippen LogP contribution in [0.5, 0.6) is 0 Å². The molecule has 2 heterocycles. The highest BCUT2D eigenvalue weighted by Crippen LogP contribution is 2.24. The average molecular weight is 1680 g/mol. The highest BCUT2D eigenvalue weighted by atomic mass is 32.2. The Bertz CT molecular complexity index is 3330. The van der Waals surface area contributed by atoms with E-state index in [2.05, 4.69) is 99.7 Å². The molecule has 0 bridgehead atoms. The lowest BCUT2D eigenvalue weighted by atomic mass is 10.0. The van der Waals surface area contributed by atoms with Gasteiger partial charge in [-0.2, -0.15) is 37.0 Å². The SMILES string of the molecule is CSCC[C@H](NC(=O)[C@@H]1CCCN1C(=O)[C@H](CO)NC(=O)[C@H](CS)NC(=O)[C@H](CC(C)C)NC(=O)[C@H](CO)NC(=O)[C@@H](N)CCC(N)=O)C(=O)N1CCC[C@H]1C(=O)N[C@@H](CC(C)C)C(=O)NCC(=O)N[C@@H](CO)C(=O)N[C@@H](CS)C(=O)N[C@@H](C)C(=O)N[C@@H](CC(C)C)C(=O)N[C@@H](C)C(=O)N[C@@H](CC(C)C)C(=O)N[C@@H](CO)C(=O)O. The van der Waals surface area contributed by atoms with E-state index in [1.807, 2.05) is 0 Å². The van der Waals surface area contributed by atoms with Crippen LogP contribution in [0.1, 0.15) is 140 Å². The molecular weight excluding hydrogens is 1560 g/mol. The van der Waals surface area contributed by atoms with Gasteiger partial charge < -0.3 is 121 Å². The van der Waals surface area contributed by atoms with Gasteiger partial charge in [0.25, 0.3) is 0 Å². The molecule has 0 aliphatic carbocycles. The molecule has 2 rings (SSSR count). The first-order chi connectivity index (χ1) is 53.5. The van der Waals surface area contributed by atoms with Crippen molar-refractivity contribution in [2.45, 2.75) is 237 Å². The van der Waals surface area contributed by atoms with Crippen LogP contribution in [-0.2, 0) is 86.3 Å². The Hall–Kier alpha value is -8.69. The van der Waals surface area contributed by atoms with E-state index in [0.717, 1.165) is 4.90 Å². The van der Waals surface area contributed by atoms with Gasteiger partial charge in [0.1, 0.15) is 90.6 Å². The maximum atomic E-state index is 14.6. The fourth-order valence-corrected chi connectivity index (χ4v) is 12.9. The van der Waals surface area contributed by atoms with Gasteiger partial charge in [-0.3, -0.25) is 81.5 Å². The van der Waals surface area contributed by atoms with Gasteiger partial charge in [-0.15, -0.1) is 0 Å². The maximum Gasteiger partial charge on any atom is 0.328 e. The number of hydrogen-bond acceptors (Lipinski definition) is 26. The Labute approximate surface area is 677 Å². The van der Waals surface area contributed by atoms with Gasteiger partial charge in [-0.1, -0.05) is 55.4 Å². The van der Waals surface area contributed by atoms with Crippen LogP contribution in [0.3, 0.4) is 0 Å². The quantitative estimate of drug-likeness (QED) is 0.0252. The lowest BCUT2D eigenvalue weighted by Crippen LogP contribution is -2.61. The third-order valence-corrected chi connectivity index (χ3v) is 19.5. The largest absolute Gasteiger partial charge is 0.480 e. The summed E-state index contributed by atoms with van der Waals surface area (Å²) in [5, 5.41) is 83.4. The number of nitrogens with zero attached hydrogens (tertiary/aromatic N) is 2. The van der Waals surface area contributed by atoms with Crippen LogP contribution in [0.4, 0.5) is 0 Å². The molecule has 0 aromatic carbocycles. The summed E-state index contributed by atoms with van der Waals surface area (Å²) >= 11 is 9.72. The summed E-state index contributed by atoms with van der Waals surface area (Å²) in [6, 6.07) is -22.4. The number of thiol groups is 2. The van der Waals surface area contributed by atoms with E-state index >= 15 is 0 Å². The molecule has 16 atom stereocenters. The molecule has 41 nitrogen and oxygen atoms in total. The van der Waals surface area contributed by atoms with Crippen molar-refractivity contribution in [2.75, 3.05) is 69.6 Å². The predicted octanol–water partition coefficient (Wildman–Crippen LogP) is -8.13. The zero-order chi connectivity index (χ0) is 86.5. The summed E-state index contributed by atoms with van der Waals surface area (Å²) in [6.07, 6.45) is 2.37. The summed E-state index contributed by atoms with van der Waals surface area (Å²) in [4.78, 5) is 243. The number of carbonyl (C=O) groups is 18. The van der Waals surface area contributed by atoms with E-state index in [9.17, 15) is 112 Å². The van der Waals surface area contributed by atoms with Gasteiger partial charge in [0, 0.05) is 31.0 Å². The molecule has 0 saturated carbocycles. The fourth-order valence-electron chi connectivity index (χ4n) is 12.0. The number of aliphatic hydroxyl groups is 4. The van der Waals surface area contributed by atoms with Crippen molar-refractivity contribution in [1.29, 1.82) is 0 Å². The van der Waals surface area contributed by atoms with E-state index in [0.29, 0.717) is 12.2 Å². The van der Waals surface area contributed by atoms with Gasteiger partial charge in [0.2, 0.25) is 100 Å². The first-order valence-electron chi connectivity index (χ1n) is 37.8. The van der Waals surface area contributed by atoms with Crippen molar-refractivity contribution in [1.82, 2.24) is 84.2 Å². The van der Waals surface area contributed by atoms with Crippen LogP contribution in [0.15, 0.2) is 0 Å². The van der Waals surface area contributed by atoms with E-state index in [4.69, 9.17) is 11.5 Å². The number of nitrogens with one attached hydrogen (secondary N) is 14. The number of rotatable bonds is 51. The second-order valence-electron chi connectivity index (χ2n) is 29.6. The van der Waals surface area contributed by atoms with Crippen LogP contribution in [0.25, 0.3) is 0 Å². The van der Waals surface area contributed by atoms with Crippen molar-refractivity contribution in [3.8, 4) is 0 Å². The number of hydrogen-bond donors (Lipinski definition) is 23. The molecule has 0 unspecified atom stereocenters. The van der Waals surface area contributed by atoms with Crippen molar-refractivity contribution in [3.05, 3.63) is 0 Å². The smallest absolute Gasteiger partial charge is 0.328 e. The number of amides is 17. The third-order valence-electron chi connectivity index (χ3n) is 18.1. The summed E-state index contributed by atoms with van der Waals surface area (Å²) in [5.74, 6) is -17.7. The minimum atomic E-state index is -1.73. The molecular formula is C70H120N18O23S3. The number of carboxylic acids is 1. The molecule has 0 aromatic heterocycles. The molecule has 646 valence electrons. The first-order valence-corrected chi connectivity index (χ1v) is 40.4. The minimum absolute atomic E-state index is 0.00872. The number of primary amides is 1. The number of carbonyl (C=O) groups excluding carboxylic acids is 17.